The Labute approximate surface area is 151 Å². The molecule has 0 unspecified atom stereocenters. The molecule has 0 bridgehead atoms. The molecule has 24 heavy (non-hydrogen) atoms. The number of nitrogens with one attached hydrogen (secondary N) is 1. The van der Waals surface area contributed by atoms with Crippen LogP contribution >= 0.6 is 34.6 Å². The number of aryl methyl sites for hydroxylation is 2. The number of thioether (sulfide) groups is 1. The standard InChI is InChI=1S/C15H15N5OS3/c1-3-12-18-19-14(23-12)16-11(21)8-22-15-17-13(20-24-15)10-7-5-4-6-9(10)2/h4-7H,3,8H2,1-2H3,(H,16,19,21). The van der Waals surface area contributed by atoms with E-state index in [9.17, 15) is 4.79 Å². The quantitative estimate of drug-likeness (QED) is 0.660. The first kappa shape index (κ1) is 17.0. The van der Waals surface area contributed by atoms with Crippen molar-refractivity contribution in [3.63, 3.8) is 0 Å². The first-order chi connectivity index (χ1) is 11.7. The van der Waals surface area contributed by atoms with Crippen molar-refractivity contribution >= 4 is 45.7 Å². The van der Waals surface area contributed by atoms with E-state index in [0.29, 0.717) is 11.0 Å². The zero-order valence-corrected chi connectivity index (χ0v) is 15.6. The van der Waals surface area contributed by atoms with Crippen molar-refractivity contribution in [3.8, 4) is 11.4 Å². The molecule has 0 aliphatic heterocycles. The van der Waals surface area contributed by atoms with Gasteiger partial charge in [0, 0.05) is 5.56 Å². The molecule has 1 aromatic carbocycles. The fraction of sp³-hybridized carbons (Fsp3) is 0.267. The molecule has 9 heteroatoms. The lowest BCUT2D eigenvalue weighted by atomic mass is 10.1. The summed E-state index contributed by atoms with van der Waals surface area (Å²) in [5.41, 5.74) is 2.15. The number of hydrogen-bond acceptors (Lipinski definition) is 8. The topological polar surface area (TPSA) is 80.7 Å². The van der Waals surface area contributed by atoms with Crippen molar-refractivity contribution < 1.29 is 4.79 Å². The summed E-state index contributed by atoms with van der Waals surface area (Å²) in [5.74, 6) is 0.854. The molecule has 3 rings (SSSR count). The van der Waals surface area contributed by atoms with Crippen LogP contribution in [-0.2, 0) is 11.2 Å². The molecule has 0 saturated carbocycles. The molecule has 0 saturated heterocycles. The third kappa shape index (κ3) is 4.16. The summed E-state index contributed by atoms with van der Waals surface area (Å²) >= 11 is 4.07. The Morgan fingerprint density at radius 2 is 2.12 bits per heavy atom. The molecule has 3 aromatic rings. The molecular weight excluding hydrogens is 362 g/mol. The number of aromatic nitrogens is 4. The second-order valence-electron chi connectivity index (χ2n) is 4.89. The molecule has 0 radical (unpaired) electrons. The Bertz CT molecular complexity index is 845. The predicted octanol–water partition coefficient (Wildman–Crippen LogP) is 3.66. The lowest BCUT2D eigenvalue weighted by Gasteiger charge is -1.99. The zero-order chi connectivity index (χ0) is 16.9. The lowest BCUT2D eigenvalue weighted by molar-refractivity contribution is -0.113. The highest BCUT2D eigenvalue weighted by Gasteiger charge is 2.12. The maximum atomic E-state index is 12.0. The number of carbonyl (C=O) groups excluding carboxylic acids is 1. The van der Waals surface area contributed by atoms with Crippen molar-refractivity contribution in [2.45, 2.75) is 24.6 Å². The van der Waals surface area contributed by atoms with Crippen LogP contribution in [0, 0.1) is 6.92 Å². The van der Waals surface area contributed by atoms with E-state index in [1.807, 2.05) is 38.1 Å². The molecular formula is C15H15N5OS3. The number of nitrogens with zero attached hydrogens (tertiary/aromatic N) is 4. The van der Waals surface area contributed by atoms with Gasteiger partial charge in [0.25, 0.3) is 0 Å². The third-order valence-electron chi connectivity index (χ3n) is 3.14. The second kappa shape index (κ2) is 7.82. The first-order valence-electron chi connectivity index (χ1n) is 7.30. The Balaban J connectivity index is 1.57. The minimum Gasteiger partial charge on any atom is -0.300 e. The summed E-state index contributed by atoms with van der Waals surface area (Å²) in [4.78, 5) is 16.5. The van der Waals surface area contributed by atoms with Crippen molar-refractivity contribution in [1.29, 1.82) is 0 Å². The van der Waals surface area contributed by atoms with Gasteiger partial charge in [0.15, 0.2) is 10.2 Å². The number of amides is 1. The molecule has 0 aliphatic rings. The van der Waals surface area contributed by atoms with Gasteiger partial charge in [-0.3, -0.25) is 10.1 Å². The molecule has 1 N–H and O–H groups in total. The van der Waals surface area contributed by atoms with Gasteiger partial charge < -0.3 is 0 Å². The fourth-order valence-corrected chi connectivity index (χ4v) is 4.03. The Kier molecular flexibility index (Phi) is 5.54. The number of hydrogen-bond donors (Lipinski definition) is 1. The number of rotatable bonds is 6. The van der Waals surface area contributed by atoms with E-state index in [-0.39, 0.29) is 11.7 Å². The van der Waals surface area contributed by atoms with Crippen LogP contribution in [0.4, 0.5) is 5.13 Å². The SMILES string of the molecule is CCc1nnc(NC(=O)CSc2nc(-c3ccccc3C)ns2)s1. The molecule has 0 atom stereocenters. The third-order valence-corrected chi connectivity index (χ3v) is 5.95. The van der Waals surface area contributed by atoms with E-state index in [4.69, 9.17) is 0 Å². The summed E-state index contributed by atoms with van der Waals surface area (Å²) in [6.07, 6.45) is 0.814. The van der Waals surface area contributed by atoms with Crippen molar-refractivity contribution in [2.24, 2.45) is 0 Å². The highest BCUT2D eigenvalue weighted by Crippen LogP contribution is 2.27. The van der Waals surface area contributed by atoms with Gasteiger partial charge in [-0.05, 0) is 30.4 Å². The van der Waals surface area contributed by atoms with Crippen LogP contribution in [0.5, 0.6) is 0 Å². The number of carbonyl (C=O) groups is 1. The predicted molar refractivity (Wildman–Crippen MR) is 98.7 cm³/mol. The van der Waals surface area contributed by atoms with Crippen molar-refractivity contribution in [3.05, 3.63) is 34.8 Å². The Hall–Kier alpha value is -1.84. The van der Waals surface area contributed by atoms with Crippen LogP contribution in [0.3, 0.4) is 0 Å². The van der Waals surface area contributed by atoms with E-state index in [1.165, 1.54) is 34.6 Å². The maximum Gasteiger partial charge on any atom is 0.236 e. The van der Waals surface area contributed by atoms with Crippen LogP contribution in [-0.4, -0.2) is 31.2 Å². The van der Waals surface area contributed by atoms with Gasteiger partial charge >= 0.3 is 0 Å². The minimum absolute atomic E-state index is 0.119. The average Bonchev–Trinajstić information content (AvgIpc) is 3.22. The summed E-state index contributed by atoms with van der Waals surface area (Å²) < 4.78 is 5.15. The molecule has 2 aromatic heterocycles. The van der Waals surface area contributed by atoms with E-state index < -0.39 is 0 Å². The highest BCUT2D eigenvalue weighted by atomic mass is 32.2. The molecule has 1 amide bonds. The summed E-state index contributed by atoms with van der Waals surface area (Å²) in [5, 5.41) is 12.1. The van der Waals surface area contributed by atoms with Gasteiger partial charge in [-0.2, -0.15) is 4.37 Å². The normalized spacial score (nSPS) is 10.8. The summed E-state index contributed by atoms with van der Waals surface area (Å²) in [6, 6.07) is 7.99. The van der Waals surface area contributed by atoms with Gasteiger partial charge in [-0.1, -0.05) is 54.3 Å². The lowest BCUT2D eigenvalue weighted by Crippen LogP contribution is -2.13. The van der Waals surface area contributed by atoms with Crippen molar-refractivity contribution in [2.75, 3.05) is 11.1 Å². The highest BCUT2D eigenvalue weighted by molar-refractivity contribution is 8.01. The van der Waals surface area contributed by atoms with Crippen LogP contribution in [0.25, 0.3) is 11.4 Å². The Morgan fingerprint density at radius 1 is 1.29 bits per heavy atom. The monoisotopic (exact) mass is 377 g/mol. The van der Waals surface area contributed by atoms with Crippen LogP contribution in [0.2, 0.25) is 0 Å². The molecule has 6 nitrogen and oxygen atoms in total. The van der Waals surface area contributed by atoms with Crippen molar-refractivity contribution in [1.82, 2.24) is 19.6 Å². The Morgan fingerprint density at radius 3 is 2.88 bits per heavy atom. The number of benzene rings is 1. The first-order valence-corrected chi connectivity index (χ1v) is 9.88. The van der Waals surface area contributed by atoms with E-state index in [2.05, 4.69) is 24.9 Å². The van der Waals surface area contributed by atoms with Gasteiger partial charge in [0.1, 0.15) is 5.01 Å². The van der Waals surface area contributed by atoms with E-state index in [0.717, 1.165) is 26.9 Å². The molecule has 0 spiro atoms. The van der Waals surface area contributed by atoms with Gasteiger partial charge in [0.2, 0.25) is 11.0 Å². The second-order valence-corrected chi connectivity index (χ2v) is 7.93. The summed E-state index contributed by atoms with van der Waals surface area (Å²) in [7, 11) is 0. The zero-order valence-electron chi connectivity index (χ0n) is 13.1. The average molecular weight is 378 g/mol. The minimum atomic E-state index is -0.119. The van der Waals surface area contributed by atoms with Crippen LogP contribution < -0.4 is 5.32 Å². The molecule has 2 heterocycles. The smallest absolute Gasteiger partial charge is 0.236 e. The fourth-order valence-electron chi connectivity index (χ4n) is 1.93. The molecule has 0 fully saturated rings. The van der Waals surface area contributed by atoms with E-state index >= 15 is 0 Å². The maximum absolute atomic E-state index is 12.0. The van der Waals surface area contributed by atoms with Gasteiger partial charge in [-0.15, -0.1) is 10.2 Å². The largest absolute Gasteiger partial charge is 0.300 e. The summed E-state index contributed by atoms with van der Waals surface area (Å²) in [6.45, 7) is 4.03. The molecule has 124 valence electrons. The van der Waals surface area contributed by atoms with Crippen LogP contribution in [0.1, 0.15) is 17.5 Å². The number of anilines is 1. The van der Waals surface area contributed by atoms with E-state index in [1.54, 1.807) is 0 Å². The van der Waals surface area contributed by atoms with Gasteiger partial charge in [0.05, 0.1) is 5.75 Å². The van der Waals surface area contributed by atoms with Crippen LogP contribution in [0.15, 0.2) is 28.6 Å². The molecule has 0 aliphatic carbocycles. The van der Waals surface area contributed by atoms with Gasteiger partial charge in [-0.25, -0.2) is 4.98 Å².